The molecule has 4 rings (SSSR count). The normalized spacial score (nSPS) is 20.4. The van der Waals surface area contributed by atoms with Gasteiger partial charge in [0, 0.05) is 24.5 Å². The fraction of sp³-hybridized carbons (Fsp3) is 0.273. The van der Waals surface area contributed by atoms with Gasteiger partial charge in [0.25, 0.3) is 5.69 Å². The maximum absolute atomic E-state index is 13.0. The molecule has 2 N–H and O–H groups in total. The number of Topliss-reactive ketones (excluding diaryl/α,β-unsaturated/α-hetero) is 1. The van der Waals surface area contributed by atoms with Gasteiger partial charge < -0.3 is 14.9 Å². The minimum Gasteiger partial charge on any atom is -0.460 e. The molecule has 0 radical (unpaired) electrons. The number of carbonyl (C=O) groups excluding carboxylic acids is 1. The Balaban J connectivity index is 1.84. The molecule has 2 aliphatic rings. The Hall–Kier alpha value is -3.86. The summed E-state index contributed by atoms with van der Waals surface area (Å²) in [5, 5.41) is 21.0. The van der Waals surface area contributed by atoms with Gasteiger partial charge in [0.15, 0.2) is 5.78 Å². The first kappa shape index (κ1) is 19.5. The van der Waals surface area contributed by atoms with Crippen LogP contribution in [0.2, 0.25) is 0 Å². The van der Waals surface area contributed by atoms with Gasteiger partial charge in [-0.25, -0.2) is 0 Å². The van der Waals surface area contributed by atoms with Gasteiger partial charge in [-0.2, -0.15) is 5.26 Å². The Bertz CT molecular complexity index is 1180. The van der Waals surface area contributed by atoms with Crippen LogP contribution in [0.25, 0.3) is 11.3 Å². The zero-order valence-electron chi connectivity index (χ0n) is 16.5. The summed E-state index contributed by atoms with van der Waals surface area (Å²) in [4.78, 5) is 23.9. The second-order valence-corrected chi connectivity index (χ2v) is 8.18. The lowest BCUT2D eigenvalue weighted by molar-refractivity contribution is -0.384. The Morgan fingerprint density at radius 3 is 2.67 bits per heavy atom. The largest absolute Gasteiger partial charge is 0.460 e. The Kier molecular flexibility index (Phi) is 4.46. The number of nitrogens with zero attached hydrogens (tertiary/aromatic N) is 2. The van der Waals surface area contributed by atoms with Gasteiger partial charge in [0.1, 0.15) is 28.9 Å². The smallest absolute Gasteiger partial charge is 0.280 e. The van der Waals surface area contributed by atoms with Gasteiger partial charge in [-0.3, -0.25) is 14.9 Å². The molecule has 0 unspecified atom stereocenters. The van der Waals surface area contributed by atoms with E-state index >= 15 is 0 Å². The Morgan fingerprint density at radius 2 is 1.97 bits per heavy atom. The van der Waals surface area contributed by atoms with E-state index in [4.69, 9.17) is 14.9 Å². The summed E-state index contributed by atoms with van der Waals surface area (Å²) in [5.41, 5.74) is 6.37. The predicted molar refractivity (Wildman–Crippen MR) is 106 cm³/mol. The van der Waals surface area contributed by atoms with Crippen molar-refractivity contribution in [3.8, 4) is 17.4 Å². The van der Waals surface area contributed by atoms with Crippen LogP contribution in [0.15, 0.2) is 63.6 Å². The number of nitrogens with two attached hydrogens (primary N) is 1. The number of rotatable bonds is 3. The number of nitro benzene ring substituents is 1. The second-order valence-electron chi connectivity index (χ2n) is 8.18. The highest BCUT2D eigenvalue weighted by molar-refractivity contribution is 5.99. The number of hydrogen-bond donors (Lipinski definition) is 1. The van der Waals surface area contributed by atoms with Crippen LogP contribution in [-0.4, -0.2) is 10.7 Å². The molecule has 2 heterocycles. The fourth-order valence-corrected chi connectivity index (χ4v) is 4.06. The number of benzene rings is 1. The summed E-state index contributed by atoms with van der Waals surface area (Å²) in [6.45, 7) is 3.93. The van der Waals surface area contributed by atoms with Gasteiger partial charge in [-0.15, -0.1) is 0 Å². The van der Waals surface area contributed by atoms with Crippen LogP contribution in [0.3, 0.4) is 0 Å². The summed E-state index contributed by atoms with van der Waals surface area (Å²) in [6, 6.07) is 11.4. The van der Waals surface area contributed by atoms with Crippen LogP contribution in [0.4, 0.5) is 5.69 Å². The molecule has 1 atom stereocenters. The number of ether oxygens (including phenoxy) is 1. The highest BCUT2D eigenvalue weighted by Gasteiger charge is 2.44. The monoisotopic (exact) mass is 405 g/mol. The first-order valence-electron chi connectivity index (χ1n) is 9.39. The van der Waals surface area contributed by atoms with Crippen molar-refractivity contribution in [3.63, 3.8) is 0 Å². The van der Waals surface area contributed by atoms with Crippen LogP contribution in [-0.2, 0) is 9.53 Å². The van der Waals surface area contributed by atoms with Crippen molar-refractivity contribution < 1.29 is 18.9 Å². The quantitative estimate of drug-likeness (QED) is 0.594. The first-order chi connectivity index (χ1) is 14.2. The summed E-state index contributed by atoms with van der Waals surface area (Å²) in [6.07, 6.45) is 0.809. The molecule has 0 bridgehead atoms. The molecule has 2 aromatic rings. The summed E-state index contributed by atoms with van der Waals surface area (Å²) in [5.74, 6) is 0.0303. The molecule has 1 aliphatic heterocycles. The molecule has 0 spiro atoms. The van der Waals surface area contributed by atoms with Crippen LogP contribution >= 0.6 is 0 Å². The lowest BCUT2D eigenvalue weighted by Gasteiger charge is -2.36. The number of hydrogen-bond acceptors (Lipinski definition) is 7. The van der Waals surface area contributed by atoms with E-state index < -0.39 is 10.8 Å². The van der Waals surface area contributed by atoms with E-state index in [0.717, 1.165) is 0 Å². The van der Waals surface area contributed by atoms with Crippen molar-refractivity contribution in [3.05, 3.63) is 75.1 Å². The van der Waals surface area contributed by atoms with E-state index in [1.54, 1.807) is 30.3 Å². The molecule has 1 aromatic heterocycles. The summed E-state index contributed by atoms with van der Waals surface area (Å²) < 4.78 is 11.6. The van der Waals surface area contributed by atoms with E-state index in [1.165, 1.54) is 6.07 Å². The molecule has 1 aliphatic carbocycles. The molecule has 0 amide bonds. The SMILES string of the molecule is CC1(C)CC(=O)C2=C(C1)OC(N)=C(C#N)[C@@H]2c1ccc(-c2ccccc2[N+](=O)[O-])o1. The van der Waals surface area contributed by atoms with E-state index in [1.807, 2.05) is 19.9 Å². The maximum atomic E-state index is 13.0. The molecule has 152 valence electrons. The van der Waals surface area contributed by atoms with Crippen LogP contribution in [0.5, 0.6) is 0 Å². The first-order valence-corrected chi connectivity index (χ1v) is 9.39. The van der Waals surface area contributed by atoms with Gasteiger partial charge >= 0.3 is 0 Å². The average molecular weight is 405 g/mol. The van der Waals surface area contributed by atoms with Gasteiger partial charge in [-0.1, -0.05) is 26.0 Å². The molecule has 0 saturated heterocycles. The zero-order chi connectivity index (χ0) is 21.6. The minimum atomic E-state index is -0.807. The topological polar surface area (TPSA) is 132 Å². The highest BCUT2D eigenvalue weighted by Crippen LogP contribution is 2.48. The van der Waals surface area contributed by atoms with Crippen LogP contribution in [0.1, 0.15) is 38.4 Å². The van der Waals surface area contributed by atoms with Gasteiger partial charge in [0.2, 0.25) is 5.88 Å². The lowest BCUT2D eigenvalue weighted by atomic mass is 9.71. The summed E-state index contributed by atoms with van der Waals surface area (Å²) in [7, 11) is 0. The number of para-hydroxylation sites is 1. The fourth-order valence-electron chi connectivity index (χ4n) is 4.06. The summed E-state index contributed by atoms with van der Waals surface area (Å²) >= 11 is 0. The minimum absolute atomic E-state index is 0.0598. The van der Waals surface area contributed by atoms with Crippen molar-refractivity contribution in [2.75, 3.05) is 0 Å². The number of furan rings is 1. The number of carbonyl (C=O) groups is 1. The highest BCUT2D eigenvalue weighted by atomic mass is 16.6. The molecule has 0 fully saturated rings. The third kappa shape index (κ3) is 3.14. The third-order valence-electron chi connectivity index (χ3n) is 5.35. The Morgan fingerprint density at radius 1 is 1.23 bits per heavy atom. The van der Waals surface area contributed by atoms with Crippen molar-refractivity contribution in [2.45, 2.75) is 32.6 Å². The van der Waals surface area contributed by atoms with Gasteiger partial charge in [0.05, 0.1) is 16.4 Å². The number of allylic oxidation sites excluding steroid dienone is 3. The van der Waals surface area contributed by atoms with Crippen molar-refractivity contribution >= 4 is 11.5 Å². The third-order valence-corrected chi connectivity index (χ3v) is 5.35. The van der Waals surface area contributed by atoms with E-state index in [2.05, 4.69) is 0 Å². The van der Waals surface area contributed by atoms with Crippen molar-refractivity contribution in [1.29, 1.82) is 5.26 Å². The number of ketones is 1. The number of nitriles is 1. The van der Waals surface area contributed by atoms with E-state index in [9.17, 15) is 20.2 Å². The molecule has 1 aromatic carbocycles. The average Bonchev–Trinajstić information content (AvgIpc) is 3.15. The second kappa shape index (κ2) is 6.88. The molecule has 8 nitrogen and oxygen atoms in total. The van der Waals surface area contributed by atoms with Crippen LogP contribution in [0, 0.1) is 26.9 Å². The lowest BCUT2D eigenvalue weighted by Crippen LogP contribution is -2.33. The van der Waals surface area contributed by atoms with E-state index in [-0.39, 0.29) is 34.1 Å². The van der Waals surface area contributed by atoms with E-state index in [0.29, 0.717) is 35.5 Å². The standard InChI is InChI=1S/C22H19N3O5/c1-22(2)9-15(26)20-18(10-22)30-21(24)13(11-23)19(20)17-8-7-16(29-17)12-5-3-4-6-14(12)25(27)28/h3-8,19H,9-10,24H2,1-2H3/t19-/m1/s1. The molecule has 30 heavy (non-hydrogen) atoms. The Labute approximate surface area is 172 Å². The predicted octanol–water partition coefficient (Wildman–Crippen LogP) is 4.31. The van der Waals surface area contributed by atoms with Crippen LogP contribution < -0.4 is 5.73 Å². The van der Waals surface area contributed by atoms with Crippen molar-refractivity contribution in [2.24, 2.45) is 11.1 Å². The van der Waals surface area contributed by atoms with Gasteiger partial charge in [-0.05, 0) is 23.6 Å². The molecular formula is C22H19N3O5. The zero-order valence-corrected chi connectivity index (χ0v) is 16.5. The maximum Gasteiger partial charge on any atom is 0.280 e. The number of nitro groups is 1. The molecule has 0 saturated carbocycles. The molecular weight excluding hydrogens is 386 g/mol. The van der Waals surface area contributed by atoms with Crippen molar-refractivity contribution in [1.82, 2.24) is 0 Å². The molecule has 8 heteroatoms.